The molecule has 0 bridgehead atoms. The lowest BCUT2D eigenvalue weighted by Gasteiger charge is -2.14. The summed E-state index contributed by atoms with van der Waals surface area (Å²) >= 11 is 0. The molecule has 116 valence electrons. The average Bonchev–Trinajstić information content (AvgIpc) is 2.41. The lowest BCUT2D eigenvalue weighted by Crippen LogP contribution is -2.07. The molecule has 3 N–H and O–H groups in total. The first-order valence-electron chi connectivity index (χ1n) is 6.28. The summed E-state index contributed by atoms with van der Waals surface area (Å²) in [5, 5.41) is 27.4. The zero-order valence-corrected chi connectivity index (χ0v) is 11.6. The van der Waals surface area contributed by atoms with E-state index in [0.29, 0.717) is 17.7 Å². The molecule has 5 heteroatoms. The van der Waals surface area contributed by atoms with E-state index >= 15 is 0 Å². The number of hydrogen-bond acceptors (Lipinski definition) is 4. The Morgan fingerprint density at radius 3 is 2.35 bits per heavy atom. The maximum atomic E-state index is 10.5. The number of phenols is 1. The van der Waals surface area contributed by atoms with E-state index in [4.69, 9.17) is 9.84 Å². The van der Waals surface area contributed by atoms with Crippen LogP contribution in [0.2, 0.25) is 0 Å². The fourth-order valence-corrected chi connectivity index (χ4v) is 1.62. The zero-order valence-electron chi connectivity index (χ0n) is 11.6. The molecule has 0 aliphatic carbocycles. The van der Waals surface area contributed by atoms with Gasteiger partial charge in [0.05, 0.1) is 7.11 Å². The highest BCUT2D eigenvalue weighted by atomic mass is 16.5. The summed E-state index contributed by atoms with van der Waals surface area (Å²) in [6.07, 6.45) is 0.315. The van der Waals surface area contributed by atoms with E-state index < -0.39 is 5.97 Å². The van der Waals surface area contributed by atoms with Crippen LogP contribution in [0.4, 0.5) is 0 Å². The molecule has 0 spiro atoms. The third-order valence-electron chi connectivity index (χ3n) is 2.60. The Morgan fingerprint density at radius 2 is 1.95 bits per heavy atom. The Morgan fingerprint density at radius 1 is 1.35 bits per heavy atom. The normalized spacial score (nSPS) is 10.6. The standard InChI is InChI=1S/C12H16O5.C2H6.CH4/c1-17-11-4-2-8(6-10(11)14)9(7-13)3-5-12(15)16;1-2;/h2,4,6,9,13-14H,3,5,7H2,1H3,(H,15,16);1-2H3;1H4/t9-;;/m1../s1. The second kappa shape index (κ2) is 11.1. The highest BCUT2D eigenvalue weighted by Crippen LogP contribution is 2.31. The van der Waals surface area contributed by atoms with Crippen molar-refractivity contribution in [1.82, 2.24) is 0 Å². The molecule has 0 aliphatic rings. The molecule has 0 saturated carbocycles. The summed E-state index contributed by atoms with van der Waals surface area (Å²) in [5.74, 6) is -0.855. The van der Waals surface area contributed by atoms with Crippen LogP contribution in [0.3, 0.4) is 0 Å². The van der Waals surface area contributed by atoms with Crippen LogP contribution < -0.4 is 4.74 Å². The van der Waals surface area contributed by atoms with Crippen LogP contribution in [0.1, 0.15) is 45.6 Å². The second-order valence-electron chi connectivity index (χ2n) is 3.74. The van der Waals surface area contributed by atoms with E-state index in [2.05, 4.69) is 0 Å². The number of methoxy groups -OCH3 is 1. The van der Waals surface area contributed by atoms with E-state index in [0.717, 1.165) is 0 Å². The molecule has 1 atom stereocenters. The first kappa shape index (κ1) is 20.6. The van der Waals surface area contributed by atoms with Crippen molar-refractivity contribution in [2.24, 2.45) is 0 Å². The van der Waals surface area contributed by atoms with Crippen molar-refractivity contribution in [1.29, 1.82) is 0 Å². The van der Waals surface area contributed by atoms with Gasteiger partial charge in [-0.3, -0.25) is 4.79 Å². The molecule has 0 aliphatic heterocycles. The minimum atomic E-state index is -0.902. The molecule has 0 aromatic heterocycles. The molecule has 1 rings (SSSR count). The molecule has 20 heavy (non-hydrogen) atoms. The van der Waals surface area contributed by atoms with Crippen molar-refractivity contribution in [2.45, 2.75) is 40.0 Å². The Bertz CT molecular complexity index is 390. The number of aromatic hydroxyl groups is 1. The summed E-state index contributed by atoms with van der Waals surface area (Å²) in [6, 6.07) is 4.79. The Balaban J connectivity index is 0. The van der Waals surface area contributed by atoms with Gasteiger partial charge in [0.25, 0.3) is 0 Å². The summed E-state index contributed by atoms with van der Waals surface area (Å²) in [7, 11) is 1.45. The van der Waals surface area contributed by atoms with E-state index in [-0.39, 0.29) is 32.1 Å². The van der Waals surface area contributed by atoms with Gasteiger partial charge in [-0.05, 0) is 24.1 Å². The van der Waals surface area contributed by atoms with Gasteiger partial charge in [0, 0.05) is 18.9 Å². The molecule has 0 heterocycles. The van der Waals surface area contributed by atoms with Gasteiger partial charge >= 0.3 is 5.97 Å². The number of aliphatic carboxylic acids is 1. The van der Waals surface area contributed by atoms with Crippen LogP contribution >= 0.6 is 0 Å². The highest BCUT2D eigenvalue weighted by molar-refractivity contribution is 5.66. The zero-order chi connectivity index (χ0) is 14.8. The van der Waals surface area contributed by atoms with Crippen molar-refractivity contribution in [2.75, 3.05) is 13.7 Å². The van der Waals surface area contributed by atoms with Gasteiger partial charge in [0.15, 0.2) is 11.5 Å². The van der Waals surface area contributed by atoms with Crippen LogP contribution in [0.25, 0.3) is 0 Å². The smallest absolute Gasteiger partial charge is 0.303 e. The van der Waals surface area contributed by atoms with Crippen molar-refractivity contribution in [3.05, 3.63) is 23.8 Å². The van der Waals surface area contributed by atoms with Crippen molar-refractivity contribution >= 4 is 5.97 Å². The molecule has 0 amide bonds. The first-order chi connectivity index (χ1) is 9.08. The van der Waals surface area contributed by atoms with Gasteiger partial charge in [-0.25, -0.2) is 0 Å². The third-order valence-corrected chi connectivity index (χ3v) is 2.60. The van der Waals surface area contributed by atoms with E-state index in [1.807, 2.05) is 13.8 Å². The lowest BCUT2D eigenvalue weighted by molar-refractivity contribution is -0.137. The molecular formula is C15H26O5. The number of phenolic OH excluding ortho intramolecular Hbond substituents is 1. The summed E-state index contributed by atoms with van der Waals surface area (Å²) in [5.41, 5.74) is 0.701. The number of aliphatic hydroxyl groups excluding tert-OH is 1. The first-order valence-corrected chi connectivity index (χ1v) is 6.28. The second-order valence-corrected chi connectivity index (χ2v) is 3.74. The SMILES string of the molecule is C.CC.COc1ccc([C@@H](CO)CCC(=O)O)cc1O. The molecule has 0 radical (unpaired) electrons. The predicted octanol–water partition coefficient (Wildman–Crippen LogP) is 3.00. The molecule has 1 aromatic rings. The van der Waals surface area contributed by atoms with Gasteiger partial charge in [0.2, 0.25) is 0 Å². The topological polar surface area (TPSA) is 87.0 Å². The minimum absolute atomic E-state index is 0. The van der Waals surface area contributed by atoms with Gasteiger partial charge in [-0.15, -0.1) is 0 Å². The number of aliphatic hydroxyl groups is 1. The monoisotopic (exact) mass is 286 g/mol. The quantitative estimate of drug-likeness (QED) is 0.748. The largest absolute Gasteiger partial charge is 0.504 e. The minimum Gasteiger partial charge on any atom is -0.504 e. The van der Waals surface area contributed by atoms with Crippen LogP contribution in [-0.4, -0.2) is 35.0 Å². The fraction of sp³-hybridized carbons (Fsp3) is 0.533. The van der Waals surface area contributed by atoms with Gasteiger partial charge in [0.1, 0.15) is 0 Å². The highest BCUT2D eigenvalue weighted by Gasteiger charge is 2.14. The van der Waals surface area contributed by atoms with Gasteiger partial charge in [-0.1, -0.05) is 27.3 Å². The maximum Gasteiger partial charge on any atom is 0.303 e. The molecule has 0 saturated heterocycles. The van der Waals surface area contributed by atoms with Crippen LogP contribution in [0.5, 0.6) is 11.5 Å². The summed E-state index contributed by atoms with van der Waals surface area (Å²) < 4.78 is 4.90. The number of carboxylic acids is 1. The van der Waals surface area contributed by atoms with Crippen molar-refractivity contribution in [3.8, 4) is 11.5 Å². The third kappa shape index (κ3) is 6.43. The Kier molecular flexibility index (Phi) is 11.4. The number of ether oxygens (including phenoxy) is 1. The number of benzene rings is 1. The summed E-state index contributed by atoms with van der Waals surface area (Å²) in [4.78, 5) is 10.5. The molecular weight excluding hydrogens is 260 g/mol. The number of hydrogen-bond donors (Lipinski definition) is 3. The lowest BCUT2D eigenvalue weighted by atomic mass is 9.95. The molecule has 0 unspecified atom stereocenters. The summed E-state index contributed by atoms with van der Waals surface area (Å²) in [6.45, 7) is 3.85. The van der Waals surface area contributed by atoms with E-state index in [9.17, 15) is 15.0 Å². The van der Waals surface area contributed by atoms with Crippen LogP contribution in [0.15, 0.2) is 18.2 Å². The van der Waals surface area contributed by atoms with Crippen molar-refractivity contribution in [3.63, 3.8) is 0 Å². The van der Waals surface area contributed by atoms with Crippen LogP contribution in [0, 0.1) is 0 Å². The maximum absolute atomic E-state index is 10.5. The number of rotatable bonds is 6. The average molecular weight is 286 g/mol. The number of carboxylic acid groups (broad SMARTS) is 1. The van der Waals surface area contributed by atoms with E-state index in [1.165, 1.54) is 13.2 Å². The van der Waals surface area contributed by atoms with Crippen LogP contribution in [-0.2, 0) is 4.79 Å². The predicted molar refractivity (Wildman–Crippen MR) is 79.4 cm³/mol. The van der Waals surface area contributed by atoms with Gasteiger partial charge < -0.3 is 20.1 Å². The number of carbonyl (C=O) groups is 1. The Hall–Kier alpha value is -1.75. The molecule has 0 fully saturated rings. The molecule has 1 aromatic carbocycles. The fourth-order valence-electron chi connectivity index (χ4n) is 1.62. The van der Waals surface area contributed by atoms with Crippen molar-refractivity contribution < 1.29 is 24.9 Å². The Labute approximate surface area is 120 Å². The van der Waals surface area contributed by atoms with E-state index in [1.54, 1.807) is 12.1 Å². The van der Waals surface area contributed by atoms with Gasteiger partial charge in [-0.2, -0.15) is 0 Å². The molecule has 5 nitrogen and oxygen atoms in total.